The Balaban J connectivity index is 2.41. The van der Waals surface area contributed by atoms with Gasteiger partial charge in [0.2, 0.25) is 5.69 Å². The smallest absolute Gasteiger partial charge is 0.200 e. The van der Waals surface area contributed by atoms with E-state index in [9.17, 15) is 0 Å². The summed E-state index contributed by atoms with van der Waals surface area (Å²) in [6.07, 6.45) is 2.17. The number of benzene rings is 2. The van der Waals surface area contributed by atoms with Gasteiger partial charge >= 0.3 is 0 Å². The van der Waals surface area contributed by atoms with Crippen molar-refractivity contribution in [3.63, 3.8) is 0 Å². The van der Waals surface area contributed by atoms with Gasteiger partial charge in [0.05, 0.1) is 10.9 Å². The van der Waals surface area contributed by atoms with Gasteiger partial charge in [-0.3, -0.25) is 0 Å². The van der Waals surface area contributed by atoms with E-state index in [0.717, 1.165) is 0 Å². The van der Waals surface area contributed by atoms with Gasteiger partial charge in [0.1, 0.15) is 7.05 Å². The van der Waals surface area contributed by atoms with Crippen molar-refractivity contribution in [2.45, 2.75) is 47.0 Å². The summed E-state index contributed by atoms with van der Waals surface area (Å²) in [5.41, 5.74) is 8.23. The van der Waals surface area contributed by atoms with Crippen LogP contribution in [0.2, 0.25) is 0 Å². The molecule has 0 spiro atoms. The summed E-state index contributed by atoms with van der Waals surface area (Å²) in [4.78, 5) is 0. The molecule has 0 unspecified atom stereocenters. The molecule has 1 heterocycles. The molecule has 124 valence electrons. The van der Waals surface area contributed by atoms with Crippen LogP contribution in [-0.4, -0.2) is 0 Å². The van der Waals surface area contributed by atoms with Gasteiger partial charge in [0.25, 0.3) is 0 Å². The fourth-order valence-electron chi connectivity index (χ4n) is 3.35. The second kappa shape index (κ2) is 5.73. The van der Waals surface area contributed by atoms with Crippen LogP contribution in [0.5, 0.6) is 0 Å². The van der Waals surface area contributed by atoms with Gasteiger partial charge in [0.15, 0.2) is 6.20 Å². The van der Waals surface area contributed by atoms with Crippen molar-refractivity contribution in [2.75, 3.05) is 0 Å². The Kier molecular flexibility index (Phi) is 3.99. The molecule has 0 saturated carbocycles. The molecular weight excluding hydrogens is 290 g/mol. The summed E-state index contributed by atoms with van der Waals surface area (Å²) < 4.78 is 2.26. The first-order valence-electron chi connectivity index (χ1n) is 8.69. The van der Waals surface area contributed by atoms with Crippen LogP contribution in [0.1, 0.15) is 43.0 Å². The summed E-state index contributed by atoms with van der Waals surface area (Å²) in [5.74, 6) is 0. The number of hydrogen-bond acceptors (Lipinski definition) is 0. The van der Waals surface area contributed by atoms with Gasteiger partial charge in [-0.2, -0.15) is 0 Å². The number of rotatable bonds is 1. The lowest BCUT2D eigenvalue weighted by atomic mass is 9.83. The number of nitrogens with zero attached hydrogens (tertiary/aromatic N) is 1. The van der Waals surface area contributed by atoms with E-state index < -0.39 is 0 Å². The highest BCUT2D eigenvalue weighted by Gasteiger charge is 2.22. The van der Waals surface area contributed by atoms with Crippen molar-refractivity contribution < 1.29 is 4.57 Å². The van der Waals surface area contributed by atoms with E-state index in [1.54, 1.807) is 0 Å². The van der Waals surface area contributed by atoms with Crippen molar-refractivity contribution in [1.29, 1.82) is 0 Å². The maximum Gasteiger partial charge on any atom is 0.220 e. The highest BCUT2D eigenvalue weighted by molar-refractivity contribution is 5.94. The summed E-state index contributed by atoms with van der Waals surface area (Å²) in [7, 11) is 2.15. The van der Waals surface area contributed by atoms with Crippen LogP contribution >= 0.6 is 0 Å². The molecule has 0 N–H and O–H groups in total. The monoisotopic (exact) mass is 318 g/mol. The third-order valence-electron chi connectivity index (χ3n) is 5.08. The third kappa shape index (κ3) is 2.84. The molecule has 0 aliphatic heterocycles. The lowest BCUT2D eigenvalue weighted by Gasteiger charge is -2.22. The van der Waals surface area contributed by atoms with Crippen LogP contribution < -0.4 is 4.57 Å². The maximum atomic E-state index is 2.39. The quantitative estimate of drug-likeness (QED) is 0.518. The molecule has 0 bridgehead atoms. The van der Waals surface area contributed by atoms with Gasteiger partial charge in [-0.1, -0.05) is 44.5 Å². The SMILES string of the molecule is Cc1ccc2cc[n+](C)c(-c3cc(C(C)(C)C)cc(C)c3C)c2c1. The highest BCUT2D eigenvalue weighted by atomic mass is 14.9. The summed E-state index contributed by atoms with van der Waals surface area (Å²) in [6.45, 7) is 13.5. The average molecular weight is 318 g/mol. The zero-order valence-electron chi connectivity index (χ0n) is 16.0. The number of aryl methyl sites for hydroxylation is 3. The molecule has 3 aromatic rings. The predicted octanol–water partition coefficient (Wildman–Crippen LogP) is 5.55. The first kappa shape index (κ1) is 16.7. The zero-order valence-corrected chi connectivity index (χ0v) is 16.0. The molecule has 0 aliphatic rings. The molecule has 2 aromatic carbocycles. The van der Waals surface area contributed by atoms with Crippen molar-refractivity contribution in [3.8, 4) is 11.3 Å². The van der Waals surface area contributed by atoms with Crippen LogP contribution in [0, 0.1) is 20.8 Å². The minimum atomic E-state index is 0.145. The minimum absolute atomic E-state index is 0.145. The van der Waals surface area contributed by atoms with Crippen LogP contribution in [0.15, 0.2) is 42.6 Å². The van der Waals surface area contributed by atoms with Gasteiger partial charge in [0, 0.05) is 6.07 Å². The second-order valence-electron chi connectivity index (χ2n) is 8.08. The van der Waals surface area contributed by atoms with Gasteiger partial charge in [-0.05, 0) is 60.4 Å². The minimum Gasteiger partial charge on any atom is -0.200 e. The number of fused-ring (bicyclic) bond motifs is 1. The van der Waals surface area contributed by atoms with Crippen molar-refractivity contribution in [3.05, 3.63) is 64.8 Å². The number of pyridine rings is 1. The Hall–Kier alpha value is -2.15. The molecular formula is C23H28N+. The third-order valence-corrected chi connectivity index (χ3v) is 5.08. The van der Waals surface area contributed by atoms with Crippen LogP contribution in [0.3, 0.4) is 0 Å². The van der Waals surface area contributed by atoms with Crippen LogP contribution in [0.4, 0.5) is 0 Å². The molecule has 0 aliphatic carbocycles. The zero-order chi connectivity index (χ0) is 17.6. The Bertz CT molecular complexity index is 922. The van der Waals surface area contributed by atoms with E-state index in [1.807, 2.05) is 0 Å². The van der Waals surface area contributed by atoms with E-state index in [0.29, 0.717) is 0 Å². The molecule has 0 saturated heterocycles. The van der Waals surface area contributed by atoms with Gasteiger partial charge in [-0.25, -0.2) is 4.57 Å². The van der Waals surface area contributed by atoms with Gasteiger partial charge in [-0.15, -0.1) is 0 Å². The fourth-order valence-corrected chi connectivity index (χ4v) is 3.35. The van der Waals surface area contributed by atoms with E-state index in [1.165, 1.54) is 44.3 Å². The Morgan fingerprint density at radius 3 is 2.25 bits per heavy atom. The average Bonchev–Trinajstić information content (AvgIpc) is 2.49. The lowest BCUT2D eigenvalue weighted by molar-refractivity contribution is -0.659. The molecule has 1 aromatic heterocycles. The lowest BCUT2D eigenvalue weighted by Crippen LogP contribution is -2.31. The fraction of sp³-hybridized carbons (Fsp3) is 0.348. The molecule has 1 heteroatoms. The second-order valence-corrected chi connectivity index (χ2v) is 8.08. The maximum absolute atomic E-state index is 2.39. The summed E-state index contributed by atoms with van der Waals surface area (Å²) in [5, 5.41) is 2.63. The standard InChI is InChI=1S/C23H28N/c1-15-8-9-18-10-11-24(7)22(21(18)12-15)20-14-19(23(4,5)6)13-16(2)17(20)3/h8-14H,1-7H3/q+1. The molecule has 0 atom stereocenters. The largest absolute Gasteiger partial charge is 0.220 e. The molecule has 0 amide bonds. The predicted molar refractivity (Wildman–Crippen MR) is 103 cm³/mol. The first-order chi connectivity index (χ1) is 11.2. The van der Waals surface area contributed by atoms with Crippen LogP contribution in [-0.2, 0) is 12.5 Å². The Morgan fingerprint density at radius 1 is 0.875 bits per heavy atom. The molecule has 0 fully saturated rings. The van der Waals surface area contributed by atoms with E-state index in [2.05, 4.69) is 95.8 Å². The van der Waals surface area contributed by atoms with Gasteiger partial charge < -0.3 is 0 Å². The Morgan fingerprint density at radius 2 is 1.58 bits per heavy atom. The Labute approximate surface area is 146 Å². The first-order valence-corrected chi connectivity index (χ1v) is 8.69. The van der Waals surface area contributed by atoms with Crippen LogP contribution in [0.25, 0.3) is 22.0 Å². The highest BCUT2D eigenvalue weighted by Crippen LogP contribution is 2.34. The van der Waals surface area contributed by atoms with E-state index >= 15 is 0 Å². The topological polar surface area (TPSA) is 3.88 Å². The molecule has 0 radical (unpaired) electrons. The molecule has 24 heavy (non-hydrogen) atoms. The van der Waals surface area contributed by atoms with Crippen molar-refractivity contribution in [2.24, 2.45) is 7.05 Å². The van der Waals surface area contributed by atoms with E-state index in [4.69, 9.17) is 0 Å². The summed E-state index contributed by atoms with van der Waals surface area (Å²) in [6, 6.07) is 13.7. The van der Waals surface area contributed by atoms with Crippen molar-refractivity contribution >= 4 is 10.8 Å². The van der Waals surface area contributed by atoms with Crippen molar-refractivity contribution in [1.82, 2.24) is 0 Å². The molecule has 3 rings (SSSR count). The summed E-state index contributed by atoms with van der Waals surface area (Å²) >= 11 is 0. The normalized spacial score (nSPS) is 12.0. The number of aromatic nitrogens is 1. The van der Waals surface area contributed by atoms with E-state index in [-0.39, 0.29) is 5.41 Å². The number of hydrogen-bond donors (Lipinski definition) is 0. The molecule has 1 nitrogen and oxygen atoms in total.